The van der Waals surface area contributed by atoms with Crippen molar-refractivity contribution in [3.63, 3.8) is 0 Å². The van der Waals surface area contributed by atoms with E-state index in [1.807, 2.05) is 12.1 Å². The van der Waals surface area contributed by atoms with Crippen LogP contribution in [0.15, 0.2) is 24.5 Å². The van der Waals surface area contributed by atoms with Crippen molar-refractivity contribution in [2.24, 2.45) is 0 Å². The van der Waals surface area contributed by atoms with Crippen molar-refractivity contribution < 1.29 is 19.3 Å². The highest BCUT2D eigenvalue weighted by molar-refractivity contribution is 6.34. The third-order valence-electron chi connectivity index (χ3n) is 7.43. The van der Waals surface area contributed by atoms with Crippen LogP contribution in [0.4, 0.5) is 17.5 Å². The average molecular weight is 508 g/mol. The van der Waals surface area contributed by atoms with Gasteiger partial charge in [-0.05, 0) is 49.3 Å². The second-order valence-electron chi connectivity index (χ2n) is 9.76. The van der Waals surface area contributed by atoms with Gasteiger partial charge in [-0.15, -0.1) is 0 Å². The molecule has 1 aliphatic heterocycles. The van der Waals surface area contributed by atoms with Crippen molar-refractivity contribution in [1.82, 2.24) is 25.2 Å². The second kappa shape index (κ2) is 11.0. The lowest BCUT2D eigenvalue weighted by Crippen LogP contribution is -2.45. The number of imidazole rings is 1. The number of ether oxygens (including phenoxy) is 1. The molecule has 3 heterocycles. The summed E-state index contributed by atoms with van der Waals surface area (Å²) in [5.41, 5.74) is 3.51. The maximum Gasteiger partial charge on any atom is 0.311 e. The predicted molar refractivity (Wildman–Crippen MR) is 140 cm³/mol. The third-order valence-corrected chi connectivity index (χ3v) is 7.43. The molecule has 1 aromatic carbocycles. The Kier molecular flexibility index (Phi) is 7.38. The molecule has 2 aliphatic rings. The fourth-order valence-electron chi connectivity index (χ4n) is 5.33. The molecule has 196 valence electrons. The van der Waals surface area contributed by atoms with E-state index in [0.29, 0.717) is 30.8 Å². The number of nitrogens with one attached hydrogen (secondary N) is 5. The molecule has 1 saturated heterocycles. The van der Waals surface area contributed by atoms with Crippen LogP contribution >= 0.6 is 0 Å². The molecule has 0 radical (unpaired) electrons. The van der Waals surface area contributed by atoms with Crippen LogP contribution in [0.25, 0.3) is 11.2 Å². The van der Waals surface area contributed by atoms with E-state index >= 15 is 0 Å². The highest BCUT2D eigenvalue weighted by Crippen LogP contribution is 2.35. The van der Waals surface area contributed by atoms with E-state index in [1.165, 1.54) is 26.3 Å². The monoisotopic (exact) mass is 507 g/mol. The Bertz CT molecular complexity index is 1260. The second-order valence-corrected chi connectivity index (χ2v) is 9.76. The van der Waals surface area contributed by atoms with Crippen molar-refractivity contribution in [1.29, 1.82) is 0 Å². The predicted octanol–water partition coefficient (Wildman–Crippen LogP) is 2.72. The molecule has 3 aromatic rings. The topological polar surface area (TPSA) is 138 Å². The largest absolute Gasteiger partial charge is 0.495 e. The van der Waals surface area contributed by atoms with Crippen molar-refractivity contribution in [3.05, 3.63) is 30.1 Å². The zero-order valence-corrected chi connectivity index (χ0v) is 21.4. The van der Waals surface area contributed by atoms with Crippen LogP contribution in [0.2, 0.25) is 0 Å². The first-order valence-electron chi connectivity index (χ1n) is 13.0. The van der Waals surface area contributed by atoms with Gasteiger partial charge in [-0.2, -0.15) is 4.98 Å². The number of amides is 2. The molecule has 0 spiro atoms. The van der Waals surface area contributed by atoms with Crippen LogP contribution in [0, 0.1) is 0 Å². The molecular weight excluding hydrogens is 472 g/mol. The lowest BCUT2D eigenvalue weighted by molar-refractivity contribution is -0.347. The van der Waals surface area contributed by atoms with E-state index in [9.17, 15) is 9.59 Å². The minimum absolute atomic E-state index is 0.282. The summed E-state index contributed by atoms with van der Waals surface area (Å²) in [6, 6.07) is 6.51. The molecule has 11 nitrogen and oxygen atoms in total. The molecule has 2 aromatic heterocycles. The van der Waals surface area contributed by atoms with Crippen molar-refractivity contribution in [3.8, 4) is 5.75 Å². The Labute approximate surface area is 215 Å². The Morgan fingerprint density at radius 3 is 2.62 bits per heavy atom. The summed E-state index contributed by atoms with van der Waals surface area (Å²) in [6.45, 7) is 1.11. The Balaban J connectivity index is 1.31. The van der Waals surface area contributed by atoms with Gasteiger partial charge in [-0.1, -0.05) is 30.3 Å². The van der Waals surface area contributed by atoms with E-state index in [2.05, 4.69) is 37.0 Å². The summed E-state index contributed by atoms with van der Waals surface area (Å²) in [4.78, 5) is 41.2. The number of aromatic amines is 2. The molecule has 1 aliphatic carbocycles. The van der Waals surface area contributed by atoms with Crippen LogP contribution in [0.5, 0.6) is 5.75 Å². The minimum atomic E-state index is -0.565. The maximum atomic E-state index is 12.2. The lowest BCUT2D eigenvalue weighted by atomic mass is 9.89. The molecule has 0 bridgehead atoms. The zero-order valence-electron chi connectivity index (χ0n) is 21.4. The van der Waals surface area contributed by atoms with Gasteiger partial charge in [0, 0.05) is 26.2 Å². The van der Waals surface area contributed by atoms with E-state index < -0.39 is 11.8 Å². The SMILES string of the molecule is CNC(=O)C(=O)N1CCC(c2ccc(Nc3nc(NC4CCCCC4)c4[nH]c[nH+]c4n3)c(OC)c2)CC1. The number of piperidine rings is 1. The summed E-state index contributed by atoms with van der Waals surface area (Å²) in [5.74, 6) is 1.22. The highest BCUT2D eigenvalue weighted by atomic mass is 16.5. The number of fused-ring (bicyclic) bond motifs is 1. The number of rotatable bonds is 6. The van der Waals surface area contributed by atoms with Gasteiger partial charge in [0.25, 0.3) is 0 Å². The Hall–Kier alpha value is -3.89. The van der Waals surface area contributed by atoms with Crippen molar-refractivity contribution in [2.45, 2.75) is 56.9 Å². The molecule has 2 fully saturated rings. The minimum Gasteiger partial charge on any atom is -0.495 e. The van der Waals surface area contributed by atoms with E-state index in [-0.39, 0.29) is 5.92 Å². The number of nitrogens with zero attached hydrogens (tertiary/aromatic N) is 3. The molecule has 2 amide bonds. The average Bonchev–Trinajstić information content (AvgIpc) is 3.42. The number of carbonyl (C=O) groups excluding carboxylic acids is 2. The van der Waals surface area contributed by atoms with Gasteiger partial charge in [0.15, 0.2) is 12.1 Å². The summed E-state index contributed by atoms with van der Waals surface area (Å²) in [7, 11) is 3.12. The Morgan fingerprint density at radius 2 is 1.89 bits per heavy atom. The van der Waals surface area contributed by atoms with Gasteiger partial charge in [0.2, 0.25) is 5.52 Å². The van der Waals surface area contributed by atoms with E-state index in [4.69, 9.17) is 9.72 Å². The van der Waals surface area contributed by atoms with Gasteiger partial charge >= 0.3 is 23.4 Å². The summed E-state index contributed by atoms with van der Waals surface area (Å²) >= 11 is 0. The van der Waals surface area contributed by atoms with Gasteiger partial charge in [0.05, 0.1) is 12.8 Å². The maximum absolute atomic E-state index is 12.2. The van der Waals surface area contributed by atoms with Gasteiger partial charge in [-0.3, -0.25) is 14.6 Å². The molecule has 5 N–H and O–H groups in total. The molecular formula is C26H35N8O3+. The van der Waals surface area contributed by atoms with Crippen molar-refractivity contribution in [2.75, 3.05) is 37.9 Å². The summed E-state index contributed by atoms with van der Waals surface area (Å²) in [5, 5.41) is 9.35. The molecule has 0 unspecified atom stereocenters. The number of likely N-dealkylation sites (tertiary alicyclic amines) is 1. The summed E-state index contributed by atoms with van der Waals surface area (Å²) < 4.78 is 5.71. The smallest absolute Gasteiger partial charge is 0.311 e. The highest BCUT2D eigenvalue weighted by Gasteiger charge is 2.28. The van der Waals surface area contributed by atoms with Crippen LogP contribution in [-0.2, 0) is 9.59 Å². The number of hydrogen-bond acceptors (Lipinski definition) is 7. The Morgan fingerprint density at radius 1 is 1.11 bits per heavy atom. The molecule has 0 atom stereocenters. The standard InChI is InChI=1S/C26H34N8O3/c1-27-24(35)25(36)34-12-10-16(11-13-34)17-8-9-19(20(14-17)37-2)31-26-32-22-21(28-15-29-22)23(33-26)30-18-6-4-3-5-7-18/h8-9,14-16,18H,3-7,10-13H2,1-2H3,(H,27,35)(H3,28,29,30,31,32,33)/p+1. The molecule has 37 heavy (non-hydrogen) atoms. The summed E-state index contributed by atoms with van der Waals surface area (Å²) in [6.07, 6.45) is 9.40. The number of anilines is 3. The quantitative estimate of drug-likeness (QED) is 0.376. The fraction of sp³-hybridized carbons (Fsp3) is 0.500. The van der Waals surface area contributed by atoms with Gasteiger partial charge in [0.1, 0.15) is 5.75 Å². The van der Waals surface area contributed by atoms with Crippen LogP contribution in [0.3, 0.4) is 0 Å². The fourth-order valence-corrected chi connectivity index (χ4v) is 5.33. The number of aromatic nitrogens is 4. The van der Waals surface area contributed by atoms with Crippen molar-refractivity contribution >= 4 is 40.4 Å². The normalized spacial score (nSPS) is 17.0. The number of hydrogen-bond donors (Lipinski definition) is 4. The van der Waals surface area contributed by atoms with E-state index in [1.54, 1.807) is 18.3 Å². The first-order chi connectivity index (χ1) is 18.1. The number of methoxy groups -OCH3 is 1. The molecule has 11 heteroatoms. The first-order valence-corrected chi connectivity index (χ1v) is 13.0. The van der Waals surface area contributed by atoms with Gasteiger partial charge < -0.3 is 25.6 Å². The number of likely N-dealkylation sites (N-methyl/N-ethyl adjacent to an activating group) is 1. The first kappa shape index (κ1) is 24.8. The number of carbonyl (C=O) groups is 2. The number of H-pyrrole nitrogens is 2. The molecule has 1 saturated carbocycles. The third kappa shape index (κ3) is 5.45. The number of benzene rings is 1. The molecule has 5 rings (SSSR count). The van der Waals surface area contributed by atoms with E-state index in [0.717, 1.165) is 53.9 Å². The lowest BCUT2D eigenvalue weighted by Gasteiger charge is -2.31. The van der Waals surface area contributed by atoms with Crippen LogP contribution in [0.1, 0.15) is 56.4 Å². The zero-order chi connectivity index (χ0) is 25.8. The van der Waals surface area contributed by atoms with Crippen LogP contribution < -0.4 is 25.7 Å². The van der Waals surface area contributed by atoms with Crippen LogP contribution in [-0.4, -0.2) is 65.0 Å². The van der Waals surface area contributed by atoms with Gasteiger partial charge in [-0.25, -0.2) is 4.98 Å².